The molecule has 0 rings (SSSR count). The maximum absolute atomic E-state index is 11.6. The standard InChI is InChI=1S/C12H27N3O/c1-5-6-14-12(16)10(4)15-8-11(7-13)9(2)3/h9-11,15H,5-8,13H2,1-4H3,(H,14,16). The number of hydrogen-bond acceptors (Lipinski definition) is 3. The zero-order chi connectivity index (χ0) is 12.6. The van der Waals surface area contributed by atoms with Crippen LogP contribution in [0.5, 0.6) is 0 Å². The number of nitrogens with one attached hydrogen (secondary N) is 2. The Kier molecular flexibility index (Phi) is 8.21. The average molecular weight is 229 g/mol. The summed E-state index contributed by atoms with van der Waals surface area (Å²) >= 11 is 0. The minimum Gasteiger partial charge on any atom is -0.355 e. The Morgan fingerprint density at radius 1 is 1.31 bits per heavy atom. The van der Waals surface area contributed by atoms with Crippen molar-refractivity contribution in [3.05, 3.63) is 0 Å². The molecule has 0 saturated carbocycles. The molecule has 96 valence electrons. The molecular weight excluding hydrogens is 202 g/mol. The molecule has 0 aliphatic heterocycles. The second-order valence-electron chi connectivity index (χ2n) is 4.66. The van der Waals surface area contributed by atoms with E-state index < -0.39 is 0 Å². The van der Waals surface area contributed by atoms with Crippen molar-refractivity contribution in [3.63, 3.8) is 0 Å². The molecule has 0 aromatic carbocycles. The molecule has 0 spiro atoms. The molecule has 2 atom stereocenters. The van der Waals surface area contributed by atoms with Crippen LogP contribution in [0.2, 0.25) is 0 Å². The van der Waals surface area contributed by atoms with Crippen LogP contribution in [-0.4, -0.2) is 31.6 Å². The fraction of sp³-hybridized carbons (Fsp3) is 0.917. The molecule has 0 bridgehead atoms. The number of amides is 1. The van der Waals surface area contributed by atoms with Gasteiger partial charge in [-0.15, -0.1) is 0 Å². The van der Waals surface area contributed by atoms with Crippen LogP contribution in [0.3, 0.4) is 0 Å². The second kappa shape index (κ2) is 8.53. The van der Waals surface area contributed by atoms with Gasteiger partial charge in [0, 0.05) is 13.1 Å². The van der Waals surface area contributed by atoms with Crippen LogP contribution in [-0.2, 0) is 4.79 Å². The first-order chi connectivity index (χ1) is 7.52. The van der Waals surface area contributed by atoms with Crippen LogP contribution in [0.4, 0.5) is 0 Å². The molecule has 0 fully saturated rings. The van der Waals surface area contributed by atoms with Gasteiger partial charge in [-0.3, -0.25) is 4.79 Å². The van der Waals surface area contributed by atoms with Crippen molar-refractivity contribution < 1.29 is 4.79 Å². The molecule has 0 saturated heterocycles. The van der Waals surface area contributed by atoms with E-state index in [4.69, 9.17) is 5.73 Å². The highest BCUT2D eigenvalue weighted by molar-refractivity contribution is 5.81. The van der Waals surface area contributed by atoms with E-state index in [0.29, 0.717) is 18.4 Å². The maximum atomic E-state index is 11.6. The molecule has 0 aromatic heterocycles. The Balaban J connectivity index is 3.86. The van der Waals surface area contributed by atoms with E-state index in [-0.39, 0.29) is 11.9 Å². The van der Waals surface area contributed by atoms with Gasteiger partial charge < -0.3 is 16.4 Å². The van der Waals surface area contributed by atoms with Gasteiger partial charge in [0.15, 0.2) is 0 Å². The summed E-state index contributed by atoms with van der Waals surface area (Å²) in [6, 6.07) is -0.139. The Morgan fingerprint density at radius 2 is 1.94 bits per heavy atom. The van der Waals surface area contributed by atoms with E-state index in [1.54, 1.807) is 0 Å². The van der Waals surface area contributed by atoms with Crippen molar-refractivity contribution in [2.45, 2.75) is 40.2 Å². The normalized spacial score (nSPS) is 14.9. The third-order valence-electron chi connectivity index (χ3n) is 2.87. The van der Waals surface area contributed by atoms with Gasteiger partial charge in [-0.1, -0.05) is 20.8 Å². The van der Waals surface area contributed by atoms with Gasteiger partial charge in [0.2, 0.25) is 5.91 Å². The first kappa shape index (κ1) is 15.4. The summed E-state index contributed by atoms with van der Waals surface area (Å²) in [6.45, 7) is 10.4. The van der Waals surface area contributed by atoms with Crippen molar-refractivity contribution in [2.24, 2.45) is 17.6 Å². The van der Waals surface area contributed by atoms with Crippen LogP contribution in [0.25, 0.3) is 0 Å². The summed E-state index contributed by atoms with van der Waals surface area (Å²) in [4.78, 5) is 11.6. The Labute approximate surface area is 99.4 Å². The van der Waals surface area contributed by atoms with Crippen molar-refractivity contribution in [1.82, 2.24) is 10.6 Å². The van der Waals surface area contributed by atoms with Crippen LogP contribution < -0.4 is 16.4 Å². The van der Waals surface area contributed by atoms with E-state index in [9.17, 15) is 4.79 Å². The first-order valence-corrected chi connectivity index (χ1v) is 6.24. The third-order valence-corrected chi connectivity index (χ3v) is 2.87. The van der Waals surface area contributed by atoms with Crippen LogP contribution in [0, 0.1) is 11.8 Å². The summed E-state index contributed by atoms with van der Waals surface area (Å²) in [5.41, 5.74) is 5.68. The molecule has 4 nitrogen and oxygen atoms in total. The molecule has 0 aromatic rings. The predicted molar refractivity (Wildman–Crippen MR) is 68.1 cm³/mol. The van der Waals surface area contributed by atoms with Gasteiger partial charge in [0.25, 0.3) is 0 Å². The molecule has 4 heteroatoms. The lowest BCUT2D eigenvalue weighted by Gasteiger charge is -2.22. The number of carbonyl (C=O) groups excluding carboxylic acids is 1. The number of carbonyl (C=O) groups is 1. The third kappa shape index (κ3) is 6.08. The maximum Gasteiger partial charge on any atom is 0.236 e. The largest absolute Gasteiger partial charge is 0.355 e. The quantitative estimate of drug-likeness (QED) is 0.574. The number of hydrogen-bond donors (Lipinski definition) is 3. The van der Waals surface area contributed by atoms with Crippen LogP contribution in [0.15, 0.2) is 0 Å². The Morgan fingerprint density at radius 3 is 2.38 bits per heavy atom. The monoisotopic (exact) mass is 229 g/mol. The first-order valence-electron chi connectivity index (χ1n) is 6.24. The summed E-state index contributed by atoms with van der Waals surface area (Å²) < 4.78 is 0. The van der Waals surface area contributed by atoms with E-state index in [2.05, 4.69) is 24.5 Å². The van der Waals surface area contributed by atoms with Gasteiger partial charge in [0.05, 0.1) is 6.04 Å². The van der Waals surface area contributed by atoms with E-state index in [0.717, 1.165) is 19.5 Å². The van der Waals surface area contributed by atoms with E-state index in [1.165, 1.54) is 0 Å². The lowest BCUT2D eigenvalue weighted by Crippen LogP contribution is -2.45. The van der Waals surface area contributed by atoms with Crippen LogP contribution in [0.1, 0.15) is 34.1 Å². The number of nitrogens with two attached hydrogens (primary N) is 1. The lowest BCUT2D eigenvalue weighted by atomic mass is 9.96. The molecule has 0 aliphatic carbocycles. The summed E-state index contributed by atoms with van der Waals surface area (Å²) in [5.74, 6) is 1.05. The highest BCUT2D eigenvalue weighted by Gasteiger charge is 2.15. The fourth-order valence-corrected chi connectivity index (χ4v) is 1.41. The molecule has 1 amide bonds. The van der Waals surface area contributed by atoms with Gasteiger partial charge in [-0.05, 0) is 31.7 Å². The summed E-state index contributed by atoms with van der Waals surface area (Å²) in [5, 5.41) is 6.10. The zero-order valence-corrected chi connectivity index (χ0v) is 11.0. The zero-order valence-electron chi connectivity index (χ0n) is 11.0. The summed E-state index contributed by atoms with van der Waals surface area (Å²) in [7, 11) is 0. The van der Waals surface area contributed by atoms with Crippen molar-refractivity contribution >= 4 is 5.91 Å². The Bertz CT molecular complexity index is 195. The van der Waals surface area contributed by atoms with Crippen molar-refractivity contribution in [2.75, 3.05) is 19.6 Å². The number of rotatable bonds is 8. The summed E-state index contributed by atoms with van der Waals surface area (Å²) in [6.07, 6.45) is 0.968. The second-order valence-corrected chi connectivity index (χ2v) is 4.66. The molecule has 2 unspecified atom stereocenters. The smallest absolute Gasteiger partial charge is 0.236 e. The van der Waals surface area contributed by atoms with Gasteiger partial charge in [0.1, 0.15) is 0 Å². The van der Waals surface area contributed by atoms with Crippen LogP contribution >= 0.6 is 0 Å². The molecule has 4 N–H and O–H groups in total. The molecule has 0 aliphatic rings. The topological polar surface area (TPSA) is 67.2 Å². The molecular formula is C12H27N3O. The van der Waals surface area contributed by atoms with Crippen molar-refractivity contribution in [1.29, 1.82) is 0 Å². The van der Waals surface area contributed by atoms with Crippen molar-refractivity contribution in [3.8, 4) is 0 Å². The highest BCUT2D eigenvalue weighted by atomic mass is 16.2. The Hall–Kier alpha value is -0.610. The highest BCUT2D eigenvalue weighted by Crippen LogP contribution is 2.07. The van der Waals surface area contributed by atoms with Gasteiger partial charge in [-0.25, -0.2) is 0 Å². The lowest BCUT2D eigenvalue weighted by molar-refractivity contribution is -0.122. The van der Waals surface area contributed by atoms with E-state index in [1.807, 2.05) is 13.8 Å². The molecule has 16 heavy (non-hydrogen) atoms. The fourth-order valence-electron chi connectivity index (χ4n) is 1.41. The SMILES string of the molecule is CCCNC(=O)C(C)NCC(CN)C(C)C. The van der Waals surface area contributed by atoms with Gasteiger partial charge >= 0.3 is 0 Å². The minimum absolute atomic E-state index is 0.0707. The predicted octanol–water partition coefficient (Wildman–Crippen LogP) is 0.722. The van der Waals surface area contributed by atoms with E-state index >= 15 is 0 Å². The minimum atomic E-state index is -0.139. The van der Waals surface area contributed by atoms with Gasteiger partial charge in [-0.2, -0.15) is 0 Å². The molecule has 0 heterocycles. The average Bonchev–Trinajstić information content (AvgIpc) is 2.25. The molecule has 0 radical (unpaired) electrons.